The van der Waals surface area contributed by atoms with Crippen LogP contribution in [0.15, 0.2) is 103 Å². The van der Waals surface area contributed by atoms with Crippen molar-refractivity contribution in [3.05, 3.63) is 152 Å². The molecule has 1 aliphatic rings. The molecule has 1 amide bonds. The summed E-state index contributed by atoms with van der Waals surface area (Å²) in [4.78, 5) is 21.7. The van der Waals surface area contributed by atoms with Crippen molar-refractivity contribution in [1.29, 1.82) is 0 Å². The van der Waals surface area contributed by atoms with Crippen LogP contribution in [0.3, 0.4) is 0 Å². The molecule has 0 bridgehead atoms. The fourth-order valence-electron chi connectivity index (χ4n) is 6.15. The summed E-state index contributed by atoms with van der Waals surface area (Å²) >= 11 is 12.8. The van der Waals surface area contributed by atoms with Crippen molar-refractivity contribution in [3.8, 4) is 23.1 Å². The van der Waals surface area contributed by atoms with Gasteiger partial charge in [-0.1, -0.05) is 71.7 Å². The average molecular weight is 737 g/mol. The molecule has 1 aromatic heterocycles. The second kappa shape index (κ2) is 17.6. The Bertz CT molecular complexity index is 1960. The first kappa shape index (κ1) is 37.0. The zero-order chi connectivity index (χ0) is 36.5. The molecule has 0 spiro atoms. The van der Waals surface area contributed by atoms with Gasteiger partial charge in [0.15, 0.2) is 5.75 Å². The lowest BCUT2D eigenvalue weighted by molar-refractivity contribution is -0.127. The van der Waals surface area contributed by atoms with Crippen molar-refractivity contribution in [2.24, 2.45) is 0 Å². The van der Waals surface area contributed by atoms with E-state index in [1.54, 1.807) is 36.5 Å². The number of carbonyl (C=O) groups is 1. The van der Waals surface area contributed by atoms with E-state index in [-0.39, 0.29) is 5.91 Å². The van der Waals surface area contributed by atoms with Gasteiger partial charge in [0, 0.05) is 61.9 Å². The predicted octanol–water partition coefficient (Wildman–Crippen LogP) is 9.66. The molecule has 0 N–H and O–H groups in total. The first-order chi connectivity index (χ1) is 25.2. The number of nitrogens with zero attached hydrogens (tertiary/aromatic N) is 3. The quantitative estimate of drug-likeness (QED) is 0.112. The topological polar surface area (TPSA) is 64.1 Å². The number of pyridine rings is 1. The van der Waals surface area contributed by atoms with Gasteiger partial charge in [-0.2, -0.15) is 0 Å². The summed E-state index contributed by atoms with van der Waals surface area (Å²) in [6.07, 6.45) is 5.88. The molecular weight excluding hydrogens is 693 g/mol. The first-order valence-electron chi connectivity index (χ1n) is 17.5. The third-order valence-electron chi connectivity index (χ3n) is 8.91. The fraction of sp³-hybridized carbons (Fsp3) is 0.256. The number of rotatable bonds is 13. The second-order valence-electron chi connectivity index (χ2n) is 13.1. The van der Waals surface area contributed by atoms with Crippen LogP contribution in [0.25, 0.3) is 6.08 Å². The van der Waals surface area contributed by atoms with Crippen LogP contribution in [0.1, 0.15) is 38.9 Å². The SMILES string of the molecule is Cc1cc(C)cc(OCCc2ccc(CN3CCN(C(=O)/C=C/c4cc(C)c(Oc5ccc(OCc6ccccc6Cl)cn5)c(Cl)c4)CC3)cc2)c1. The third kappa shape index (κ3) is 10.4. The Balaban J connectivity index is 0.935. The fourth-order valence-corrected chi connectivity index (χ4v) is 6.65. The summed E-state index contributed by atoms with van der Waals surface area (Å²) in [6, 6.07) is 29.9. The molecule has 268 valence electrons. The molecule has 1 saturated heterocycles. The Kier molecular flexibility index (Phi) is 12.5. The maximum absolute atomic E-state index is 13.1. The number of aryl methyl sites for hydroxylation is 3. The number of hydrogen-bond donors (Lipinski definition) is 0. The molecular formula is C43H43Cl2N3O4. The molecule has 0 saturated carbocycles. The number of hydrogen-bond acceptors (Lipinski definition) is 6. The first-order valence-corrected chi connectivity index (χ1v) is 18.2. The van der Waals surface area contributed by atoms with Crippen LogP contribution in [-0.4, -0.2) is 53.5 Å². The van der Waals surface area contributed by atoms with Gasteiger partial charge >= 0.3 is 0 Å². The number of carbonyl (C=O) groups excluding carboxylic acids is 1. The van der Waals surface area contributed by atoms with E-state index in [2.05, 4.69) is 66.2 Å². The summed E-state index contributed by atoms with van der Waals surface area (Å²) in [5.74, 6) is 2.41. The van der Waals surface area contributed by atoms with E-state index in [1.165, 1.54) is 22.3 Å². The Hall–Kier alpha value is -4.82. The van der Waals surface area contributed by atoms with Gasteiger partial charge in [-0.3, -0.25) is 9.69 Å². The standard InChI is InChI=1S/C43H43Cl2N3O4/c1-30-22-31(2)24-38(23-30)50-21-16-33-8-10-34(11-9-33)28-47-17-19-48(20-18-47)42(49)15-12-35-25-32(3)43(40(45)26-35)52-41-14-13-37(27-46-41)51-29-36-6-4-5-7-39(36)44/h4-15,22-27H,16-21,28-29H2,1-3H3/b15-12+. The van der Waals surface area contributed by atoms with E-state index in [1.807, 2.05) is 42.2 Å². The van der Waals surface area contributed by atoms with Gasteiger partial charge in [0.05, 0.1) is 17.8 Å². The molecule has 0 aliphatic carbocycles. The van der Waals surface area contributed by atoms with Crippen molar-refractivity contribution in [1.82, 2.24) is 14.8 Å². The summed E-state index contributed by atoms with van der Waals surface area (Å²) in [5, 5.41) is 1.09. The van der Waals surface area contributed by atoms with Gasteiger partial charge in [-0.05, 0) is 96.6 Å². The number of aromatic nitrogens is 1. The van der Waals surface area contributed by atoms with E-state index in [0.717, 1.165) is 48.5 Å². The molecule has 5 aromatic rings. The minimum Gasteiger partial charge on any atom is -0.493 e. The largest absolute Gasteiger partial charge is 0.493 e. The highest BCUT2D eigenvalue weighted by molar-refractivity contribution is 6.32. The molecule has 2 heterocycles. The molecule has 52 heavy (non-hydrogen) atoms. The Morgan fingerprint density at radius 2 is 1.52 bits per heavy atom. The number of amides is 1. The lowest BCUT2D eigenvalue weighted by Gasteiger charge is -2.34. The number of ether oxygens (including phenoxy) is 3. The summed E-state index contributed by atoms with van der Waals surface area (Å²) in [6.45, 7) is 10.9. The Morgan fingerprint density at radius 3 is 2.21 bits per heavy atom. The normalized spacial score (nSPS) is 13.4. The van der Waals surface area contributed by atoms with Gasteiger partial charge in [-0.15, -0.1) is 0 Å². The molecule has 9 heteroatoms. The van der Waals surface area contributed by atoms with Crippen LogP contribution in [0, 0.1) is 20.8 Å². The predicted molar refractivity (Wildman–Crippen MR) is 209 cm³/mol. The van der Waals surface area contributed by atoms with E-state index < -0.39 is 0 Å². The second-order valence-corrected chi connectivity index (χ2v) is 14.0. The van der Waals surface area contributed by atoms with Crippen molar-refractivity contribution < 1.29 is 19.0 Å². The summed E-state index contributed by atoms with van der Waals surface area (Å²) < 4.78 is 17.8. The van der Waals surface area contributed by atoms with E-state index in [0.29, 0.717) is 53.7 Å². The van der Waals surface area contributed by atoms with Crippen LogP contribution in [0.2, 0.25) is 10.0 Å². The Labute approximate surface area is 316 Å². The molecule has 1 aliphatic heterocycles. The third-order valence-corrected chi connectivity index (χ3v) is 9.56. The van der Waals surface area contributed by atoms with Crippen molar-refractivity contribution >= 4 is 35.2 Å². The zero-order valence-corrected chi connectivity index (χ0v) is 31.3. The number of benzene rings is 4. The molecule has 0 unspecified atom stereocenters. The minimum absolute atomic E-state index is 0.0119. The van der Waals surface area contributed by atoms with Crippen molar-refractivity contribution in [2.75, 3.05) is 32.8 Å². The zero-order valence-electron chi connectivity index (χ0n) is 29.8. The number of piperazine rings is 1. The summed E-state index contributed by atoms with van der Waals surface area (Å²) in [7, 11) is 0. The molecule has 0 atom stereocenters. The van der Waals surface area contributed by atoms with Gasteiger partial charge in [-0.25, -0.2) is 4.98 Å². The molecule has 7 nitrogen and oxygen atoms in total. The Morgan fingerprint density at radius 1 is 0.788 bits per heavy atom. The number of halogens is 2. The van der Waals surface area contributed by atoms with Crippen LogP contribution < -0.4 is 14.2 Å². The maximum atomic E-state index is 13.1. The maximum Gasteiger partial charge on any atom is 0.246 e. The van der Waals surface area contributed by atoms with Gasteiger partial charge < -0.3 is 19.1 Å². The van der Waals surface area contributed by atoms with Crippen LogP contribution in [-0.2, 0) is 24.4 Å². The van der Waals surface area contributed by atoms with Crippen LogP contribution in [0.4, 0.5) is 0 Å². The molecule has 6 rings (SSSR count). The van der Waals surface area contributed by atoms with Gasteiger partial charge in [0.2, 0.25) is 11.8 Å². The van der Waals surface area contributed by atoms with E-state index >= 15 is 0 Å². The smallest absolute Gasteiger partial charge is 0.246 e. The highest BCUT2D eigenvalue weighted by atomic mass is 35.5. The van der Waals surface area contributed by atoms with Gasteiger partial charge in [0.25, 0.3) is 0 Å². The highest BCUT2D eigenvalue weighted by Crippen LogP contribution is 2.34. The highest BCUT2D eigenvalue weighted by Gasteiger charge is 2.20. The molecule has 0 radical (unpaired) electrons. The lowest BCUT2D eigenvalue weighted by Crippen LogP contribution is -2.47. The van der Waals surface area contributed by atoms with E-state index in [4.69, 9.17) is 37.4 Å². The van der Waals surface area contributed by atoms with Crippen molar-refractivity contribution in [2.45, 2.75) is 40.3 Å². The molecule has 4 aromatic carbocycles. The lowest BCUT2D eigenvalue weighted by atomic mass is 10.1. The summed E-state index contributed by atoms with van der Waals surface area (Å²) in [5.41, 5.74) is 7.49. The van der Waals surface area contributed by atoms with Gasteiger partial charge in [0.1, 0.15) is 18.1 Å². The molecule has 1 fully saturated rings. The van der Waals surface area contributed by atoms with Crippen LogP contribution in [0.5, 0.6) is 23.1 Å². The average Bonchev–Trinajstić information content (AvgIpc) is 3.13. The minimum atomic E-state index is -0.0119. The van der Waals surface area contributed by atoms with E-state index in [9.17, 15) is 4.79 Å². The van der Waals surface area contributed by atoms with Crippen LogP contribution >= 0.6 is 23.2 Å². The van der Waals surface area contributed by atoms with Crippen molar-refractivity contribution in [3.63, 3.8) is 0 Å². The monoisotopic (exact) mass is 735 g/mol.